The molecule has 2 aromatic heterocycles. The molecule has 0 fully saturated rings. The number of hydrogen-bond acceptors (Lipinski definition) is 6. The van der Waals surface area contributed by atoms with Gasteiger partial charge in [0.05, 0.1) is 25.9 Å². The van der Waals surface area contributed by atoms with E-state index >= 15 is 0 Å². The van der Waals surface area contributed by atoms with Crippen molar-refractivity contribution in [3.63, 3.8) is 0 Å². The lowest BCUT2D eigenvalue weighted by Crippen LogP contribution is -2.31. The number of hydrogen-bond donors (Lipinski definition) is 1. The number of carbonyl (C=O) groups is 1. The smallest absolute Gasteiger partial charge is 0.263 e. The molecule has 1 N–H and O–H groups in total. The highest BCUT2D eigenvalue weighted by molar-refractivity contribution is 7.17. The number of fused-ring (bicyclic) bond motifs is 1. The van der Waals surface area contributed by atoms with E-state index in [2.05, 4.69) is 10.3 Å². The van der Waals surface area contributed by atoms with Gasteiger partial charge in [0.2, 0.25) is 5.91 Å². The van der Waals surface area contributed by atoms with Crippen LogP contribution in [-0.2, 0) is 4.79 Å². The maximum absolute atomic E-state index is 13.5. The van der Waals surface area contributed by atoms with Crippen molar-refractivity contribution in [2.24, 2.45) is 0 Å². The molecule has 0 saturated carbocycles. The molecule has 1 unspecified atom stereocenters. The van der Waals surface area contributed by atoms with Crippen molar-refractivity contribution in [1.82, 2.24) is 9.55 Å². The number of nitrogens with one attached hydrogen (secondary N) is 1. The van der Waals surface area contributed by atoms with Crippen LogP contribution in [0.15, 0.2) is 52.9 Å². The second-order valence-electron chi connectivity index (χ2n) is 7.84. The van der Waals surface area contributed by atoms with Crippen LogP contribution in [0.2, 0.25) is 0 Å². The van der Waals surface area contributed by atoms with Crippen molar-refractivity contribution in [3.05, 3.63) is 69.6 Å². The number of rotatable bonds is 6. The van der Waals surface area contributed by atoms with Crippen LogP contribution in [0.4, 0.5) is 5.69 Å². The number of benzene rings is 2. The van der Waals surface area contributed by atoms with Gasteiger partial charge in [-0.3, -0.25) is 14.2 Å². The molecule has 1 amide bonds. The summed E-state index contributed by atoms with van der Waals surface area (Å²) in [5.74, 6) is 0.890. The predicted octanol–water partition coefficient (Wildman–Crippen LogP) is 4.96. The first-order valence-electron chi connectivity index (χ1n) is 10.4. The summed E-state index contributed by atoms with van der Waals surface area (Å²) >= 11 is 1.38. The number of nitrogens with zero attached hydrogens (tertiary/aromatic N) is 2. The fourth-order valence-corrected chi connectivity index (χ4v) is 4.66. The van der Waals surface area contributed by atoms with Gasteiger partial charge < -0.3 is 14.8 Å². The molecule has 0 saturated heterocycles. The third-order valence-corrected chi connectivity index (χ3v) is 6.54. The fourth-order valence-electron chi connectivity index (χ4n) is 3.75. The van der Waals surface area contributed by atoms with Gasteiger partial charge in [-0.1, -0.05) is 23.8 Å². The molecule has 1 atom stereocenters. The van der Waals surface area contributed by atoms with Crippen LogP contribution in [0.25, 0.3) is 21.3 Å². The van der Waals surface area contributed by atoms with Gasteiger partial charge in [-0.2, -0.15) is 0 Å². The number of methoxy groups -OCH3 is 2. The van der Waals surface area contributed by atoms with Crippen molar-refractivity contribution in [2.75, 3.05) is 19.5 Å². The molecule has 170 valence electrons. The minimum atomic E-state index is -0.742. The van der Waals surface area contributed by atoms with Gasteiger partial charge in [0, 0.05) is 16.6 Å². The van der Waals surface area contributed by atoms with Crippen molar-refractivity contribution in [3.8, 4) is 22.6 Å². The third kappa shape index (κ3) is 4.21. The minimum absolute atomic E-state index is 0.269. The highest BCUT2D eigenvalue weighted by Crippen LogP contribution is 2.36. The van der Waals surface area contributed by atoms with Gasteiger partial charge in [-0.15, -0.1) is 11.3 Å². The Hall–Kier alpha value is -3.65. The Kier molecular flexibility index (Phi) is 6.20. The second-order valence-corrected chi connectivity index (χ2v) is 8.70. The minimum Gasteiger partial charge on any atom is -0.493 e. The van der Waals surface area contributed by atoms with E-state index in [0.717, 1.165) is 27.9 Å². The van der Waals surface area contributed by atoms with E-state index in [1.165, 1.54) is 22.2 Å². The molecule has 0 aliphatic rings. The average Bonchev–Trinajstić information content (AvgIpc) is 3.25. The summed E-state index contributed by atoms with van der Waals surface area (Å²) in [7, 11) is 3.14. The summed E-state index contributed by atoms with van der Waals surface area (Å²) in [6.45, 7) is 5.63. The summed E-state index contributed by atoms with van der Waals surface area (Å²) < 4.78 is 12.1. The first-order chi connectivity index (χ1) is 15.8. The van der Waals surface area contributed by atoms with Gasteiger partial charge in [-0.25, -0.2) is 4.98 Å². The topological polar surface area (TPSA) is 82.5 Å². The molecule has 33 heavy (non-hydrogen) atoms. The third-order valence-electron chi connectivity index (χ3n) is 5.65. The maximum atomic E-state index is 13.5. The lowest BCUT2D eigenvalue weighted by molar-refractivity contribution is -0.118. The molecule has 4 rings (SSSR count). The largest absolute Gasteiger partial charge is 0.493 e. The Morgan fingerprint density at radius 3 is 2.55 bits per heavy atom. The molecule has 2 heterocycles. The van der Waals surface area contributed by atoms with E-state index in [0.29, 0.717) is 21.7 Å². The lowest BCUT2D eigenvalue weighted by Gasteiger charge is -2.16. The van der Waals surface area contributed by atoms with E-state index in [1.54, 1.807) is 27.2 Å². The zero-order valence-corrected chi connectivity index (χ0v) is 19.9. The Balaban J connectivity index is 1.72. The molecule has 8 heteroatoms. The molecule has 0 spiro atoms. The molecule has 2 aromatic carbocycles. The van der Waals surface area contributed by atoms with E-state index in [4.69, 9.17) is 9.47 Å². The van der Waals surface area contributed by atoms with Gasteiger partial charge in [0.25, 0.3) is 5.56 Å². The van der Waals surface area contributed by atoms with Gasteiger partial charge in [0.1, 0.15) is 10.9 Å². The van der Waals surface area contributed by atoms with Crippen LogP contribution < -0.4 is 20.3 Å². The number of amides is 1. The summed E-state index contributed by atoms with van der Waals surface area (Å²) in [6, 6.07) is 10.6. The van der Waals surface area contributed by atoms with Gasteiger partial charge in [0.15, 0.2) is 11.5 Å². The van der Waals surface area contributed by atoms with Crippen molar-refractivity contribution >= 4 is 33.1 Å². The second kappa shape index (κ2) is 9.07. The molecular weight excluding hydrogens is 438 g/mol. The summed E-state index contributed by atoms with van der Waals surface area (Å²) in [5.41, 5.74) is 4.08. The molecule has 0 bridgehead atoms. The fraction of sp³-hybridized carbons (Fsp3) is 0.240. The number of anilines is 1. The quantitative estimate of drug-likeness (QED) is 0.437. The molecule has 4 aromatic rings. The van der Waals surface area contributed by atoms with E-state index in [1.807, 2.05) is 49.6 Å². The molecule has 0 radical (unpaired) electrons. The SMILES string of the molecule is COc1ccc(-c2csc3ncn(C(C)C(=O)Nc4ccc(C)cc4C)c(=O)c23)cc1OC. The van der Waals surface area contributed by atoms with Crippen LogP contribution in [0.1, 0.15) is 24.1 Å². The van der Waals surface area contributed by atoms with Crippen LogP contribution >= 0.6 is 11.3 Å². The summed E-state index contributed by atoms with van der Waals surface area (Å²) in [6.07, 6.45) is 1.44. The Morgan fingerprint density at radius 1 is 1.09 bits per heavy atom. The van der Waals surface area contributed by atoms with Crippen LogP contribution in [0, 0.1) is 13.8 Å². The van der Waals surface area contributed by atoms with E-state index < -0.39 is 6.04 Å². The number of thiophene rings is 1. The van der Waals surface area contributed by atoms with Gasteiger partial charge in [-0.05, 0) is 50.1 Å². The summed E-state index contributed by atoms with van der Waals surface area (Å²) in [5, 5.41) is 5.29. The standard InChI is InChI=1S/C25H25N3O4S/c1-14-6-8-19(15(2)10-14)27-23(29)16(3)28-13-26-24-22(25(28)30)18(12-33-24)17-7-9-20(31-4)21(11-17)32-5/h6-13,16H,1-5H3,(H,27,29). The lowest BCUT2D eigenvalue weighted by atomic mass is 10.1. The molecule has 0 aliphatic heterocycles. The monoisotopic (exact) mass is 463 g/mol. The van der Waals surface area contributed by atoms with E-state index in [9.17, 15) is 9.59 Å². The average molecular weight is 464 g/mol. The zero-order valence-electron chi connectivity index (χ0n) is 19.1. The normalized spacial score (nSPS) is 11.9. The Labute approximate surface area is 195 Å². The van der Waals surface area contributed by atoms with Crippen molar-refractivity contribution in [1.29, 1.82) is 0 Å². The van der Waals surface area contributed by atoms with E-state index in [-0.39, 0.29) is 11.5 Å². The van der Waals surface area contributed by atoms with Crippen molar-refractivity contribution in [2.45, 2.75) is 26.8 Å². The highest BCUT2D eigenvalue weighted by atomic mass is 32.1. The Bertz CT molecular complexity index is 1410. The number of ether oxygens (including phenoxy) is 2. The number of aryl methyl sites for hydroxylation is 2. The zero-order chi connectivity index (χ0) is 23.7. The Morgan fingerprint density at radius 2 is 1.85 bits per heavy atom. The predicted molar refractivity (Wildman–Crippen MR) is 132 cm³/mol. The van der Waals surface area contributed by atoms with Crippen LogP contribution in [0.3, 0.4) is 0 Å². The highest BCUT2D eigenvalue weighted by Gasteiger charge is 2.21. The molecular formula is C25H25N3O4S. The molecule has 0 aliphatic carbocycles. The molecule has 7 nitrogen and oxygen atoms in total. The number of aromatic nitrogens is 2. The summed E-state index contributed by atoms with van der Waals surface area (Å²) in [4.78, 5) is 31.5. The van der Waals surface area contributed by atoms with Gasteiger partial charge >= 0.3 is 0 Å². The first-order valence-corrected chi connectivity index (χ1v) is 11.3. The van der Waals surface area contributed by atoms with Crippen molar-refractivity contribution < 1.29 is 14.3 Å². The van der Waals surface area contributed by atoms with Crippen LogP contribution in [0.5, 0.6) is 11.5 Å². The number of carbonyl (C=O) groups excluding carboxylic acids is 1. The first kappa shape index (κ1) is 22.5. The maximum Gasteiger partial charge on any atom is 0.263 e. The van der Waals surface area contributed by atoms with Crippen LogP contribution in [-0.4, -0.2) is 29.7 Å².